The van der Waals surface area contributed by atoms with Crippen LogP contribution < -0.4 is 21.6 Å². The molecule has 1 atom stereocenters. The van der Waals surface area contributed by atoms with Crippen molar-refractivity contribution in [2.24, 2.45) is 10.7 Å². The monoisotopic (exact) mass is 261 g/mol. The van der Waals surface area contributed by atoms with Crippen LogP contribution in [0, 0.1) is 0 Å². The second kappa shape index (κ2) is 5.62. The number of para-hydroxylation sites is 1. The van der Waals surface area contributed by atoms with Gasteiger partial charge in [0.05, 0.1) is 17.9 Å². The number of carboxylic acid groups (broad SMARTS) is 1. The lowest BCUT2D eigenvalue weighted by molar-refractivity contribution is -0.138. The first-order chi connectivity index (χ1) is 9.08. The van der Waals surface area contributed by atoms with Gasteiger partial charge < -0.3 is 16.2 Å². The molecule has 19 heavy (non-hydrogen) atoms. The van der Waals surface area contributed by atoms with E-state index in [1.54, 1.807) is 0 Å². The number of nitrogens with one attached hydrogen (secondary N) is 1. The normalized spacial score (nSPS) is 14.5. The van der Waals surface area contributed by atoms with E-state index in [1.807, 2.05) is 24.3 Å². The second-order valence-electron chi connectivity index (χ2n) is 4.36. The SMILES string of the molecule is N[C@@H](CC1=c2ccccc2=NC1)C(=O)NCC(=O)O. The molecule has 0 spiro atoms. The Labute approximate surface area is 109 Å². The fraction of sp³-hybridized carbons (Fsp3) is 0.308. The number of aliphatic carboxylic acids is 1. The number of hydrogen-bond donors (Lipinski definition) is 3. The van der Waals surface area contributed by atoms with E-state index in [2.05, 4.69) is 10.3 Å². The van der Waals surface area contributed by atoms with Crippen molar-refractivity contribution in [2.45, 2.75) is 12.5 Å². The van der Waals surface area contributed by atoms with E-state index >= 15 is 0 Å². The van der Waals surface area contributed by atoms with Crippen LogP contribution in [0.1, 0.15) is 6.42 Å². The Kier molecular flexibility index (Phi) is 3.91. The van der Waals surface area contributed by atoms with Crippen LogP contribution in [0.5, 0.6) is 0 Å². The topological polar surface area (TPSA) is 105 Å². The molecule has 1 heterocycles. The van der Waals surface area contributed by atoms with Gasteiger partial charge in [0.1, 0.15) is 6.54 Å². The van der Waals surface area contributed by atoms with Gasteiger partial charge in [0.25, 0.3) is 0 Å². The lowest BCUT2D eigenvalue weighted by atomic mass is 10.0. The van der Waals surface area contributed by atoms with E-state index in [4.69, 9.17) is 10.8 Å². The van der Waals surface area contributed by atoms with Gasteiger partial charge in [-0.2, -0.15) is 0 Å². The summed E-state index contributed by atoms with van der Waals surface area (Å²) in [5.74, 6) is -1.55. The summed E-state index contributed by atoms with van der Waals surface area (Å²) in [5, 5.41) is 12.7. The fourth-order valence-corrected chi connectivity index (χ4v) is 2.00. The van der Waals surface area contributed by atoms with Crippen LogP contribution in [0.2, 0.25) is 0 Å². The largest absolute Gasteiger partial charge is 0.480 e. The van der Waals surface area contributed by atoms with E-state index < -0.39 is 24.5 Å². The van der Waals surface area contributed by atoms with Gasteiger partial charge in [-0.3, -0.25) is 14.6 Å². The molecule has 0 bridgehead atoms. The first kappa shape index (κ1) is 13.2. The predicted octanol–water partition coefficient (Wildman–Crippen LogP) is -1.61. The zero-order valence-corrected chi connectivity index (χ0v) is 10.3. The van der Waals surface area contributed by atoms with Gasteiger partial charge in [0.15, 0.2) is 0 Å². The maximum atomic E-state index is 11.6. The second-order valence-corrected chi connectivity index (χ2v) is 4.36. The van der Waals surface area contributed by atoms with Crippen LogP contribution in [0.4, 0.5) is 0 Å². The third-order valence-electron chi connectivity index (χ3n) is 2.94. The Morgan fingerprint density at radius 2 is 2.16 bits per heavy atom. The lowest BCUT2D eigenvalue weighted by Crippen LogP contribution is -2.43. The predicted molar refractivity (Wildman–Crippen MR) is 68.7 cm³/mol. The maximum Gasteiger partial charge on any atom is 0.322 e. The van der Waals surface area contributed by atoms with Gasteiger partial charge >= 0.3 is 5.97 Å². The third-order valence-corrected chi connectivity index (χ3v) is 2.94. The van der Waals surface area contributed by atoms with Crippen LogP contribution in [-0.2, 0) is 9.59 Å². The average molecular weight is 261 g/mol. The van der Waals surface area contributed by atoms with Crippen LogP contribution in [0.15, 0.2) is 29.3 Å². The summed E-state index contributed by atoms with van der Waals surface area (Å²) < 4.78 is 0. The first-order valence-corrected chi connectivity index (χ1v) is 5.94. The molecular formula is C13H15N3O3. The van der Waals surface area contributed by atoms with Gasteiger partial charge in [0.2, 0.25) is 5.91 Å². The molecule has 0 radical (unpaired) electrons. The number of nitrogens with two attached hydrogens (primary N) is 1. The highest BCUT2D eigenvalue weighted by Crippen LogP contribution is 2.06. The van der Waals surface area contributed by atoms with Crippen molar-refractivity contribution in [2.75, 3.05) is 13.1 Å². The number of nitrogens with zero attached hydrogens (tertiary/aromatic N) is 1. The van der Waals surface area contributed by atoms with Gasteiger partial charge in [-0.05, 0) is 18.1 Å². The molecule has 4 N–H and O–H groups in total. The van der Waals surface area contributed by atoms with Crippen molar-refractivity contribution in [1.29, 1.82) is 0 Å². The molecule has 0 aromatic heterocycles. The highest BCUT2D eigenvalue weighted by molar-refractivity contribution is 5.86. The molecule has 0 saturated heterocycles. The van der Waals surface area contributed by atoms with Gasteiger partial charge in [0, 0.05) is 5.22 Å². The van der Waals surface area contributed by atoms with Gasteiger partial charge in [-0.15, -0.1) is 0 Å². The Balaban J connectivity index is 2.05. The summed E-state index contributed by atoms with van der Waals surface area (Å²) in [6.07, 6.45) is 0.381. The van der Waals surface area contributed by atoms with Gasteiger partial charge in [-0.1, -0.05) is 18.2 Å². The maximum absolute atomic E-state index is 11.6. The van der Waals surface area contributed by atoms with Gasteiger partial charge in [-0.25, -0.2) is 0 Å². The Morgan fingerprint density at radius 1 is 1.42 bits per heavy atom. The summed E-state index contributed by atoms with van der Waals surface area (Å²) in [7, 11) is 0. The summed E-state index contributed by atoms with van der Waals surface area (Å²) in [6, 6.07) is 6.93. The molecule has 0 unspecified atom stereocenters. The molecule has 1 aliphatic heterocycles. The number of carbonyl (C=O) groups is 2. The summed E-state index contributed by atoms with van der Waals surface area (Å²) in [6.45, 7) is 0.127. The Morgan fingerprint density at radius 3 is 2.89 bits per heavy atom. The van der Waals surface area contributed by atoms with Crippen LogP contribution in [-0.4, -0.2) is 36.1 Å². The van der Waals surface area contributed by atoms with E-state index in [-0.39, 0.29) is 0 Å². The van der Waals surface area contributed by atoms with E-state index in [0.717, 1.165) is 16.1 Å². The summed E-state index contributed by atoms with van der Waals surface area (Å²) in [4.78, 5) is 26.3. The molecule has 100 valence electrons. The molecule has 0 saturated carbocycles. The minimum absolute atomic E-state index is 0.381. The zero-order chi connectivity index (χ0) is 13.8. The quantitative estimate of drug-likeness (QED) is 0.593. The fourth-order valence-electron chi connectivity index (χ4n) is 2.00. The van der Waals surface area contributed by atoms with Crippen LogP contribution in [0.3, 0.4) is 0 Å². The van der Waals surface area contributed by atoms with E-state index in [9.17, 15) is 9.59 Å². The summed E-state index contributed by atoms with van der Waals surface area (Å²) >= 11 is 0. The first-order valence-electron chi connectivity index (χ1n) is 5.94. The average Bonchev–Trinajstić information content (AvgIpc) is 2.79. The molecule has 2 rings (SSSR count). The molecule has 0 fully saturated rings. The number of benzene rings is 1. The number of carbonyl (C=O) groups excluding carboxylic acids is 1. The molecule has 6 heteroatoms. The van der Waals surface area contributed by atoms with Crippen molar-refractivity contribution < 1.29 is 14.7 Å². The number of carboxylic acids is 1. The zero-order valence-electron chi connectivity index (χ0n) is 10.3. The van der Waals surface area contributed by atoms with Crippen molar-refractivity contribution >= 4 is 17.4 Å². The number of amides is 1. The van der Waals surface area contributed by atoms with Crippen molar-refractivity contribution in [3.8, 4) is 0 Å². The number of hydrogen-bond acceptors (Lipinski definition) is 4. The highest BCUT2D eigenvalue weighted by Gasteiger charge is 2.17. The minimum Gasteiger partial charge on any atom is -0.480 e. The third kappa shape index (κ3) is 3.17. The van der Waals surface area contributed by atoms with Crippen LogP contribution in [0.25, 0.3) is 5.57 Å². The van der Waals surface area contributed by atoms with Crippen molar-refractivity contribution in [3.63, 3.8) is 0 Å². The molecule has 6 nitrogen and oxygen atoms in total. The molecule has 1 aromatic carbocycles. The highest BCUT2D eigenvalue weighted by atomic mass is 16.4. The van der Waals surface area contributed by atoms with Crippen molar-refractivity contribution in [3.05, 3.63) is 34.8 Å². The minimum atomic E-state index is -1.09. The van der Waals surface area contributed by atoms with Crippen molar-refractivity contribution in [1.82, 2.24) is 5.32 Å². The Bertz CT molecular complexity index is 624. The lowest BCUT2D eigenvalue weighted by Gasteiger charge is -2.11. The molecule has 1 aliphatic rings. The standard InChI is InChI=1S/C13H15N3O3/c14-10(13(19)16-7-12(17)18)5-8-6-15-11-4-2-1-3-9(8)11/h1-4,10H,5-7,14H2,(H,16,19)(H,17,18)/t10-/m0/s1. The Hall–Kier alpha value is -2.21. The molecular weight excluding hydrogens is 246 g/mol. The van der Waals surface area contributed by atoms with E-state index in [0.29, 0.717) is 13.0 Å². The smallest absolute Gasteiger partial charge is 0.322 e. The van der Waals surface area contributed by atoms with E-state index in [1.165, 1.54) is 0 Å². The summed E-state index contributed by atoms with van der Waals surface area (Å²) in [5.41, 5.74) is 6.78. The molecule has 1 amide bonds. The molecule has 0 aliphatic carbocycles. The number of rotatable bonds is 5. The number of fused-ring (bicyclic) bond motifs is 1. The van der Waals surface area contributed by atoms with Crippen LogP contribution >= 0.6 is 0 Å². The molecule has 1 aromatic rings.